The van der Waals surface area contributed by atoms with Crippen molar-refractivity contribution in [3.05, 3.63) is 29.7 Å². The molecule has 0 spiro atoms. The van der Waals surface area contributed by atoms with Gasteiger partial charge in [-0.2, -0.15) is 4.37 Å². The summed E-state index contributed by atoms with van der Waals surface area (Å²) in [6, 6.07) is 3.02. The predicted molar refractivity (Wildman–Crippen MR) is 67.2 cm³/mol. The molecular weight excluding hydrogens is 270 g/mol. The third-order valence-electron chi connectivity index (χ3n) is 2.54. The fourth-order valence-electron chi connectivity index (χ4n) is 1.46. The van der Waals surface area contributed by atoms with Gasteiger partial charge in [0.2, 0.25) is 0 Å². The topological polar surface area (TPSA) is 76.0 Å². The Labute approximate surface area is 111 Å². The van der Waals surface area contributed by atoms with E-state index in [9.17, 15) is 4.79 Å². The average Bonchev–Trinajstić information content (AvgIpc) is 3.11. The molecule has 0 aliphatic heterocycles. The normalized spacial score (nSPS) is 14.7. The Morgan fingerprint density at radius 2 is 2.33 bits per heavy atom. The predicted octanol–water partition coefficient (Wildman–Crippen LogP) is 2.66. The molecule has 5 nitrogen and oxygen atoms in total. The zero-order valence-corrected chi connectivity index (χ0v) is 10.9. The van der Waals surface area contributed by atoms with Crippen molar-refractivity contribution in [2.24, 2.45) is 0 Å². The summed E-state index contributed by atoms with van der Waals surface area (Å²) >= 11 is 2.70. The summed E-state index contributed by atoms with van der Waals surface area (Å²) in [5.74, 6) is 0.501. The van der Waals surface area contributed by atoms with Gasteiger partial charge in [0, 0.05) is 12.1 Å². The van der Waals surface area contributed by atoms with Crippen LogP contribution in [0, 0.1) is 0 Å². The van der Waals surface area contributed by atoms with Crippen LogP contribution in [0.15, 0.2) is 27.7 Å². The van der Waals surface area contributed by atoms with Gasteiger partial charge >= 0.3 is 5.97 Å². The maximum atomic E-state index is 10.8. The second-order valence-corrected chi connectivity index (χ2v) is 6.00. The van der Waals surface area contributed by atoms with Gasteiger partial charge < -0.3 is 5.11 Å². The molecule has 0 amide bonds. The van der Waals surface area contributed by atoms with Gasteiger partial charge in [0.15, 0.2) is 4.34 Å². The standard InChI is InChI=1S/C11H9N3O2S2/c15-10(16)7-3-4-12-8(5-7)17-11-13-9(14-18-11)6-1-2-6/h3-6H,1-2H2,(H,15,16). The number of rotatable bonds is 4. The van der Waals surface area contributed by atoms with Crippen molar-refractivity contribution in [3.63, 3.8) is 0 Å². The molecule has 0 aromatic carbocycles. The van der Waals surface area contributed by atoms with E-state index in [0.717, 1.165) is 10.2 Å². The van der Waals surface area contributed by atoms with E-state index in [1.807, 2.05) is 0 Å². The summed E-state index contributed by atoms with van der Waals surface area (Å²) in [7, 11) is 0. The Bertz CT molecular complexity index is 595. The van der Waals surface area contributed by atoms with Crippen molar-refractivity contribution >= 4 is 29.3 Å². The minimum atomic E-state index is -0.949. The van der Waals surface area contributed by atoms with E-state index >= 15 is 0 Å². The number of aromatic nitrogens is 3. The Morgan fingerprint density at radius 3 is 3.06 bits per heavy atom. The lowest BCUT2D eigenvalue weighted by Crippen LogP contribution is -1.96. The molecule has 2 aromatic rings. The number of carboxylic acids is 1. The van der Waals surface area contributed by atoms with Crippen LogP contribution in [0.25, 0.3) is 0 Å². The second kappa shape index (κ2) is 4.66. The smallest absolute Gasteiger partial charge is 0.335 e. The molecule has 1 N–H and O–H groups in total. The van der Waals surface area contributed by atoms with Crippen molar-refractivity contribution < 1.29 is 9.90 Å². The number of aromatic carboxylic acids is 1. The lowest BCUT2D eigenvalue weighted by Gasteiger charge is -1.97. The molecule has 2 heterocycles. The highest BCUT2D eigenvalue weighted by Crippen LogP contribution is 2.40. The van der Waals surface area contributed by atoms with Crippen molar-refractivity contribution in [2.75, 3.05) is 0 Å². The van der Waals surface area contributed by atoms with Crippen LogP contribution in [0.3, 0.4) is 0 Å². The summed E-state index contributed by atoms with van der Waals surface area (Å²) in [5.41, 5.74) is 0.236. The molecule has 7 heteroatoms. The molecule has 18 heavy (non-hydrogen) atoms. The summed E-state index contributed by atoms with van der Waals surface area (Å²) in [5, 5.41) is 9.53. The highest BCUT2D eigenvalue weighted by molar-refractivity contribution is 8.00. The first-order valence-electron chi connectivity index (χ1n) is 5.43. The molecule has 1 saturated carbocycles. The van der Waals surface area contributed by atoms with Gasteiger partial charge in [0.1, 0.15) is 10.9 Å². The first kappa shape index (κ1) is 11.6. The maximum Gasteiger partial charge on any atom is 0.335 e. The van der Waals surface area contributed by atoms with E-state index in [2.05, 4.69) is 14.3 Å². The van der Waals surface area contributed by atoms with Crippen molar-refractivity contribution in [1.82, 2.24) is 14.3 Å². The van der Waals surface area contributed by atoms with Gasteiger partial charge in [-0.1, -0.05) is 0 Å². The molecular formula is C11H9N3O2S2. The second-order valence-electron chi connectivity index (χ2n) is 3.98. The Morgan fingerprint density at radius 1 is 1.50 bits per heavy atom. The van der Waals surface area contributed by atoms with Crippen LogP contribution >= 0.6 is 23.3 Å². The van der Waals surface area contributed by atoms with E-state index in [1.165, 1.54) is 48.4 Å². The summed E-state index contributed by atoms with van der Waals surface area (Å²) in [6.07, 6.45) is 3.84. The largest absolute Gasteiger partial charge is 0.478 e. The lowest BCUT2D eigenvalue weighted by molar-refractivity contribution is 0.0696. The lowest BCUT2D eigenvalue weighted by atomic mass is 10.3. The van der Waals surface area contributed by atoms with E-state index in [0.29, 0.717) is 10.9 Å². The van der Waals surface area contributed by atoms with Crippen LogP contribution in [-0.2, 0) is 0 Å². The number of carboxylic acid groups (broad SMARTS) is 1. The van der Waals surface area contributed by atoms with E-state index in [4.69, 9.17) is 5.11 Å². The van der Waals surface area contributed by atoms with Crippen LogP contribution < -0.4 is 0 Å². The molecule has 0 unspecified atom stereocenters. The van der Waals surface area contributed by atoms with Crippen LogP contribution in [-0.4, -0.2) is 25.4 Å². The average molecular weight is 279 g/mol. The Balaban J connectivity index is 1.78. The third-order valence-corrected chi connectivity index (χ3v) is 4.24. The quantitative estimate of drug-likeness (QED) is 0.927. The van der Waals surface area contributed by atoms with E-state index in [1.54, 1.807) is 6.07 Å². The highest BCUT2D eigenvalue weighted by atomic mass is 32.2. The van der Waals surface area contributed by atoms with E-state index < -0.39 is 5.97 Å². The summed E-state index contributed by atoms with van der Waals surface area (Å²) in [4.78, 5) is 19.4. The molecule has 2 aromatic heterocycles. The molecule has 0 saturated heterocycles. The fourth-order valence-corrected chi connectivity index (χ4v) is 3.09. The number of hydrogen-bond acceptors (Lipinski definition) is 6. The van der Waals surface area contributed by atoms with Crippen LogP contribution in [0.2, 0.25) is 0 Å². The van der Waals surface area contributed by atoms with Gasteiger partial charge in [-0.05, 0) is 48.3 Å². The molecule has 1 aliphatic carbocycles. The van der Waals surface area contributed by atoms with Crippen LogP contribution in [0.1, 0.15) is 34.9 Å². The molecule has 1 aliphatic rings. The minimum absolute atomic E-state index is 0.236. The number of hydrogen-bond donors (Lipinski definition) is 1. The van der Waals surface area contributed by atoms with E-state index in [-0.39, 0.29) is 5.56 Å². The van der Waals surface area contributed by atoms with Gasteiger partial charge in [0.05, 0.1) is 5.56 Å². The fraction of sp³-hybridized carbons (Fsp3) is 0.273. The third kappa shape index (κ3) is 2.51. The van der Waals surface area contributed by atoms with Crippen molar-refractivity contribution in [1.29, 1.82) is 0 Å². The summed E-state index contributed by atoms with van der Waals surface area (Å²) < 4.78 is 5.11. The van der Waals surface area contributed by atoms with Crippen LogP contribution in [0.4, 0.5) is 0 Å². The Hall–Kier alpha value is -1.47. The highest BCUT2D eigenvalue weighted by Gasteiger charge is 2.27. The van der Waals surface area contributed by atoms with Gasteiger partial charge in [-0.3, -0.25) is 0 Å². The molecule has 0 atom stereocenters. The number of carbonyl (C=O) groups is 1. The first-order valence-corrected chi connectivity index (χ1v) is 7.02. The van der Waals surface area contributed by atoms with Gasteiger partial charge in [-0.25, -0.2) is 14.8 Å². The van der Waals surface area contributed by atoms with Gasteiger partial charge in [0.25, 0.3) is 0 Å². The maximum absolute atomic E-state index is 10.8. The zero-order valence-electron chi connectivity index (χ0n) is 9.24. The molecule has 0 radical (unpaired) electrons. The summed E-state index contributed by atoms with van der Waals surface area (Å²) in [6.45, 7) is 0. The molecule has 92 valence electrons. The minimum Gasteiger partial charge on any atom is -0.478 e. The molecule has 3 rings (SSSR count). The zero-order chi connectivity index (χ0) is 12.5. The Kier molecular flexibility index (Phi) is 3.00. The number of pyridine rings is 1. The molecule has 0 bridgehead atoms. The first-order chi connectivity index (χ1) is 8.72. The number of nitrogens with zero attached hydrogens (tertiary/aromatic N) is 3. The SMILES string of the molecule is O=C(O)c1ccnc(Sc2nc(C3CC3)ns2)c1. The monoisotopic (exact) mass is 279 g/mol. The van der Waals surface area contributed by atoms with Crippen LogP contribution in [0.5, 0.6) is 0 Å². The van der Waals surface area contributed by atoms with Crippen molar-refractivity contribution in [3.8, 4) is 0 Å². The molecule has 1 fully saturated rings. The van der Waals surface area contributed by atoms with Crippen molar-refractivity contribution in [2.45, 2.75) is 28.1 Å². The van der Waals surface area contributed by atoms with Gasteiger partial charge in [-0.15, -0.1) is 0 Å².